The van der Waals surface area contributed by atoms with Gasteiger partial charge in [-0.2, -0.15) is 5.10 Å². The van der Waals surface area contributed by atoms with E-state index in [1.165, 1.54) is 6.33 Å². The van der Waals surface area contributed by atoms with Crippen molar-refractivity contribution in [2.45, 2.75) is 51.3 Å². The molecular formula is C20H29N7O2. The zero-order chi connectivity index (χ0) is 20.4. The molecule has 156 valence electrons. The number of hydrogen-bond donors (Lipinski definition) is 2. The van der Waals surface area contributed by atoms with E-state index in [4.69, 9.17) is 4.74 Å². The van der Waals surface area contributed by atoms with Crippen molar-refractivity contribution in [2.75, 3.05) is 28.7 Å². The molecule has 0 bridgehead atoms. The first-order chi connectivity index (χ1) is 14.0. The Bertz CT molecular complexity index is 853. The third-order valence-electron chi connectivity index (χ3n) is 5.55. The summed E-state index contributed by atoms with van der Waals surface area (Å²) in [7, 11) is 1.84. The van der Waals surface area contributed by atoms with Crippen LogP contribution < -0.4 is 15.5 Å². The summed E-state index contributed by atoms with van der Waals surface area (Å²) in [4.78, 5) is 23.2. The number of nitrogens with zero attached hydrogens (tertiary/aromatic N) is 5. The minimum Gasteiger partial charge on any atom is -0.376 e. The molecule has 4 heterocycles. The van der Waals surface area contributed by atoms with Gasteiger partial charge in [0.15, 0.2) is 0 Å². The quantitative estimate of drug-likeness (QED) is 0.767. The zero-order valence-corrected chi connectivity index (χ0v) is 17.2. The van der Waals surface area contributed by atoms with Crippen LogP contribution >= 0.6 is 0 Å². The normalized spacial score (nSPS) is 24.9. The summed E-state index contributed by atoms with van der Waals surface area (Å²) < 4.78 is 7.65. The largest absolute Gasteiger partial charge is 0.376 e. The maximum absolute atomic E-state index is 12.8. The van der Waals surface area contributed by atoms with Gasteiger partial charge in [-0.1, -0.05) is 13.8 Å². The summed E-state index contributed by atoms with van der Waals surface area (Å²) in [6.07, 6.45) is 8.06. The number of aryl methyl sites for hydroxylation is 1. The predicted molar refractivity (Wildman–Crippen MR) is 111 cm³/mol. The van der Waals surface area contributed by atoms with Gasteiger partial charge in [0.25, 0.3) is 0 Å². The number of nitrogens with one attached hydrogen (secondary N) is 2. The minimum absolute atomic E-state index is 0.0340. The molecule has 2 N–H and O–H groups in total. The highest BCUT2D eigenvalue weighted by atomic mass is 16.5. The molecule has 9 heteroatoms. The molecule has 9 nitrogen and oxygen atoms in total. The molecule has 0 aromatic carbocycles. The van der Waals surface area contributed by atoms with Crippen molar-refractivity contribution in [1.29, 1.82) is 0 Å². The van der Waals surface area contributed by atoms with E-state index in [2.05, 4.69) is 39.5 Å². The Balaban J connectivity index is 1.41. The Morgan fingerprint density at radius 3 is 2.72 bits per heavy atom. The lowest BCUT2D eigenvalue weighted by molar-refractivity contribution is -0.117. The molecule has 29 heavy (non-hydrogen) atoms. The molecule has 0 aliphatic carbocycles. The van der Waals surface area contributed by atoms with Crippen LogP contribution in [0, 0.1) is 5.92 Å². The predicted octanol–water partition coefficient (Wildman–Crippen LogP) is 2.04. The number of amides is 1. The maximum atomic E-state index is 12.8. The van der Waals surface area contributed by atoms with Gasteiger partial charge >= 0.3 is 0 Å². The first-order valence-electron chi connectivity index (χ1n) is 10.3. The molecule has 2 aliphatic rings. The smallest absolute Gasteiger partial charge is 0.249 e. The van der Waals surface area contributed by atoms with Crippen LogP contribution in [-0.4, -0.2) is 57.0 Å². The van der Waals surface area contributed by atoms with Gasteiger partial charge in [0.1, 0.15) is 24.0 Å². The summed E-state index contributed by atoms with van der Waals surface area (Å²) in [5, 5.41) is 10.9. The fourth-order valence-corrected chi connectivity index (χ4v) is 4.12. The van der Waals surface area contributed by atoms with Gasteiger partial charge in [-0.05, 0) is 25.2 Å². The lowest BCUT2D eigenvalue weighted by Gasteiger charge is -2.35. The zero-order valence-electron chi connectivity index (χ0n) is 17.2. The number of aromatic nitrogens is 4. The van der Waals surface area contributed by atoms with Gasteiger partial charge in [-0.15, -0.1) is 0 Å². The van der Waals surface area contributed by atoms with Gasteiger partial charge in [-0.3, -0.25) is 9.48 Å². The van der Waals surface area contributed by atoms with E-state index in [9.17, 15) is 4.79 Å². The van der Waals surface area contributed by atoms with Crippen molar-refractivity contribution in [3.8, 4) is 0 Å². The van der Waals surface area contributed by atoms with Gasteiger partial charge in [0.2, 0.25) is 5.91 Å². The Labute approximate surface area is 170 Å². The Hall–Kier alpha value is -2.68. The van der Waals surface area contributed by atoms with E-state index >= 15 is 0 Å². The summed E-state index contributed by atoms with van der Waals surface area (Å²) >= 11 is 0. The van der Waals surface area contributed by atoms with Crippen LogP contribution in [0.2, 0.25) is 0 Å². The highest BCUT2D eigenvalue weighted by Crippen LogP contribution is 2.25. The lowest BCUT2D eigenvalue weighted by atomic mass is 9.94. The third kappa shape index (κ3) is 4.34. The van der Waals surface area contributed by atoms with Crippen molar-refractivity contribution >= 4 is 23.2 Å². The first kappa shape index (κ1) is 19.6. The van der Waals surface area contributed by atoms with Crippen molar-refractivity contribution in [3.05, 3.63) is 24.8 Å². The van der Waals surface area contributed by atoms with E-state index in [1.807, 2.05) is 19.3 Å². The lowest BCUT2D eigenvalue weighted by Crippen LogP contribution is -2.43. The molecule has 0 unspecified atom stereocenters. The number of carbonyl (C=O) groups is 1. The number of carbonyl (C=O) groups excluding carboxylic acids is 1. The molecule has 2 fully saturated rings. The van der Waals surface area contributed by atoms with Crippen LogP contribution in [0.1, 0.15) is 33.1 Å². The average Bonchev–Trinajstić information content (AvgIpc) is 3.28. The first-order valence-corrected chi connectivity index (χ1v) is 10.3. The van der Waals surface area contributed by atoms with Crippen LogP contribution in [0.15, 0.2) is 24.8 Å². The summed E-state index contributed by atoms with van der Waals surface area (Å²) in [5.74, 6) is 1.86. The monoisotopic (exact) mass is 399 g/mol. The van der Waals surface area contributed by atoms with Crippen molar-refractivity contribution in [2.24, 2.45) is 13.0 Å². The van der Waals surface area contributed by atoms with Crippen molar-refractivity contribution in [1.82, 2.24) is 19.7 Å². The van der Waals surface area contributed by atoms with E-state index in [-0.39, 0.29) is 24.1 Å². The van der Waals surface area contributed by atoms with Crippen LogP contribution in [0.25, 0.3) is 0 Å². The molecule has 2 aromatic heterocycles. The average molecular weight is 399 g/mol. The number of hydrogen-bond acceptors (Lipinski definition) is 7. The van der Waals surface area contributed by atoms with Crippen LogP contribution in [0.4, 0.5) is 17.3 Å². The molecule has 0 spiro atoms. The molecule has 0 saturated carbocycles. The molecule has 0 radical (unpaired) electrons. The highest BCUT2D eigenvalue weighted by molar-refractivity contribution is 6.00. The molecule has 2 aliphatic heterocycles. The second-order valence-electron chi connectivity index (χ2n) is 8.11. The van der Waals surface area contributed by atoms with Gasteiger partial charge in [0, 0.05) is 32.5 Å². The Kier molecular flexibility index (Phi) is 5.66. The summed E-state index contributed by atoms with van der Waals surface area (Å²) in [6, 6.07) is 1.78. The fourth-order valence-electron chi connectivity index (χ4n) is 4.12. The number of rotatable bonds is 6. The van der Waals surface area contributed by atoms with E-state index < -0.39 is 0 Å². The molecule has 3 atom stereocenters. The Morgan fingerprint density at radius 1 is 1.21 bits per heavy atom. The van der Waals surface area contributed by atoms with Gasteiger partial charge in [-0.25, -0.2) is 9.97 Å². The van der Waals surface area contributed by atoms with E-state index in [1.54, 1.807) is 15.8 Å². The van der Waals surface area contributed by atoms with Crippen LogP contribution in [-0.2, 0) is 16.6 Å². The third-order valence-corrected chi connectivity index (χ3v) is 5.55. The van der Waals surface area contributed by atoms with Gasteiger partial charge in [0.05, 0.1) is 24.0 Å². The minimum atomic E-state index is -0.306. The Morgan fingerprint density at radius 2 is 2.00 bits per heavy atom. The fraction of sp³-hybridized carbons (Fsp3) is 0.600. The summed E-state index contributed by atoms with van der Waals surface area (Å²) in [6.45, 7) is 5.83. The van der Waals surface area contributed by atoms with Crippen molar-refractivity contribution in [3.63, 3.8) is 0 Å². The number of ether oxygens (including phenoxy) is 1. The molecule has 2 saturated heterocycles. The molecular weight excluding hydrogens is 370 g/mol. The topological polar surface area (TPSA) is 97.2 Å². The van der Waals surface area contributed by atoms with Crippen molar-refractivity contribution < 1.29 is 9.53 Å². The second-order valence-corrected chi connectivity index (χ2v) is 8.11. The standard InChI is InChI=1S/C20H29N7O2/c1-13(2)19-15(5-4-8-29-19)24-17-9-18(22-12-21-17)25-16-6-7-27(20(16)28)14-10-23-26(3)11-14/h9-13,15-16,19H,4-8H2,1-3H3,(H2,21,22,24,25)/t15-,16+,19+/m1/s1. The molecule has 2 aromatic rings. The second kappa shape index (κ2) is 8.36. The molecule has 4 rings (SSSR count). The van der Waals surface area contributed by atoms with E-state index in [0.29, 0.717) is 24.7 Å². The highest BCUT2D eigenvalue weighted by Gasteiger charge is 2.33. The van der Waals surface area contributed by atoms with E-state index in [0.717, 1.165) is 31.0 Å². The van der Waals surface area contributed by atoms with Crippen LogP contribution in [0.3, 0.4) is 0 Å². The number of anilines is 3. The summed E-state index contributed by atoms with van der Waals surface area (Å²) in [5.41, 5.74) is 0.823. The van der Waals surface area contributed by atoms with Crippen LogP contribution in [0.5, 0.6) is 0 Å². The van der Waals surface area contributed by atoms with Gasteiger partial charge < -0.3 is 20.3 Å². The molecule has 1 amide bonds. The maximum Gasteiger partial charge on any atom is 0.249 e. The SMILES string of the molecule is CC(C)[C@@H]1OCCC[C@H]1Nc1cc(N[C@H]2CCN(c3cnn(C)c3)C2=O)ncn1.